The highest BCUT2D eigenvalue weighted by atomic mass is 27.2. The fourth-order valence-corrected chi connectivity index (χ4v) is 6.31. The third kappa shape index (κ3) is 10.7. The summed E-state index contributed by atoms with van der Waals surface area (Å²) >= 11 is -1.09. The number of nitrogens with zero attached hydrogens (tertiary/aromatic N) is 1. The van der Waals surface area contributed by atoms with Crippen LogP contribution in [0.5, 0.6) is 0 Å². The maximum absolute atomic E-state index is 6.74. The van der Waals surface area contributed by atoms with Crippen LogP contribution >= 0.6 is 0 Å². The minimum absolute atomic E-state index is 0.379. The predicted octanol–water partition coefficient (Wildman–Crippen LogP) is 5.55. The molecule has 1 atom stereocenters. The first-order chi connectivity index (χ1) is 9.94. The first-order valence-corrected chi connectivity index (χ1v) is 11.4. The smallest absolute Gasteiger partial charge is 0.462 e. The van der Waals surface area contributed by atoms with Gasteiger partial charge in [-0.25, -0.2) is 0 Å². The molecule has 126 valence electrons. The third-order valence-electron chi connectivity index (χ3n) is 3.78. The first-order valence-electron chi connectivity index (χ1n) is 9.33. The minimum atomic E-state index is -1.09. The molecule has 0 aromatic carbocycles. The Kier molecular flexibility index (Phi) is 13.2. The highest BCUT2D eigenvalue weighted by molar-refractivity contribution is 6.52. The summed E-state index contributed by atoms with van der Waals surface area (Å²) < 4.78 is 6.74. The largest absolute Gasteiger partial charge is 0.487 e. The fourth-order valence-electron chi connectivity index (χ4n) is 3.04. The Morgan fingerprint density at radius 2 is 1.29 bits per heavy atom. The lowest BCUT2D eigenvalue weighted by molar-refractivity contribution is 0.0140. The molecule has 0 saturated carbocycles. The van der Waals surface area contributed by atoms with Gasteiger partial charge in [-0.05, 0) is 19.3 Å². The van der Waals surface area contributed by atoms with E-state index in [-0.39, 0.29) is 0 Å². The molecule has 0 N–H and O–H groups in total. The second-order valence-electron chi connectivity index (χ2n) is 7.30. The fraction of sp³-hybridized carbons (Fsp3) is 1.00. The molecule has 0 aromatic rings. The maximum Gasteiger partial charge on any atom is 0.462 e. The molecule has 0 radical (unpaired) electrons. The Hall–Kier alpha value is 0.452. The van der Waals surface area contributed by atoms with Crippen LogP contribution in [0.2, 0.25) is 10.6 Å². The Morgan fingerprint density at radius 1 is 0.810 bits per heavy atom. The molecule has 0 saturated heterocycles. The molecule has 0 aliphatic heterocycles. The highest BCUT2D eigenvalue weighted by Crippen LogP contribution is 2.20. The molecule has 3 heteroatoms. The average Bonchev–Trinajstić information content (AvgIpc) is 2.36. The van der Waals surface area contributed by atoms with Crippen molar-refractivity contribution in [2.24, 2.45) is 11.8 Å². The average molecular weight is 314 g/mol. The molecule has 0 amide bonds. The molecule has 1 unspecified atom stereocenters. The molecule has 0 aliphatic rings. The maximum atomic E-state index is 6.74. The Labute approximate surface area is 139 Å². The van der Waals surface area contributed by atoms with Gasteiger partial charge in [-0.15, -0.1) is 0 Å². The molecule has 0 spiro atoms. The van der Waals surface area contributed by atoms with Gasteiger partial charge in [0.15, 0.2) is 0 Å². The van der Waals surface area contributed by atoms with E-state index >= 15 is 0 Å². The summed E-state index contributed by atoms with van der Waals surface area (Å²) in [5.41, 5.74) is 0. The van der Waals surface area contributed by atoms with E-state index in [9.17, 15) is 0 Å². The van der Waals surface area contributed by atoms with Gasteiger partial charge in [-0.3, -0.25) is 4.90 Å². The number of hydrogen-bond donors (Lipinski definition) is 0. The van der Waals surface area contributed by atoms with Gasteiger partial charge in [-0.2, -0.15) is 0 Å². The molecule has 0 aliphatic carbocycles. The van der Waals surface area contributed by atoms with Crippen LogP contribution in [0.4, 0.5) is 0 Å². The second kappa shape index (κ2) is 12.9. The van der Waals surface area contributed by atoms with Crippen LogP contribution < -0.4 is 0 Å². The monoisotopic (exact) mass is 313 g/mol. The van der Waals surface area contributed by atoms with Crippen LogP contribution in [0.3, 0.4) is 0 Å². The van der Waals surface area contributed by atoms with Crippen molar-refractivity contribution in [2.45, 2.75) is 90.9 Å². The van der Waals surface area contributed by atoms with Crippen molar-refractivity contribution in [3.05, 3.63) is 0 Å². The Balaban J connectivity index is 4.77. The van der Waals surface area contributed by atoms with Crippen molar-refractivity contribution in [1.82, 2.24) is 4.90 Å². The Bertz CT molecular complexity index is 217. The summed E-state index contributed by atoms with van der Waals surface area (Å²) in [4.78, 5) is 2.60. The van der Waals surface area contributed by atoms with Crippen molar-refractivity contribution in [1.29, 1.82) is 0 Å². The van der Waals surface area contributed by atoms with E-state index in [1.54, 1.807) is 0 Å². The second-order valence-corrected chi connectivity index (χ2v) is 9.76. The number of rotatable bonds is 13. The minimum Gasteiger partial charge on any atom is -0.487 e. The SMILES string of the molecule is CCCC([O][Al]([CH2]C(C)C)[CH2]C(C)C)N(CCC)CCC. The van der Waals surface area contributed by atoms with Gasteiger partial charge in [0.25, 0.3) is 0 Å². The molecular formula is C18H40AlNO. The van der Waals surface area contributed by atoms with Crippen molar-refractivity contribution < 1.29 is 3.79 Å². The van der Waals surface area contributed by atoms with Gasteiger partial charge in [0.05, 0.1) is 6.23 Å². The molecule has 0 fully saturated rings. The lowest BCUT2D eigenvalue weighted by Gasteiger charge is -2.34. The van der Waals surface area contributed by atoms with Crippen LogP contribution in [0.15, 0.2) is 0 Å². The molecule has 0 bridgehead atoms. The van der Waals surface area contributed by atoms with Gasteiger partial charge in [0.1, 0.15) is 0 Å². The van der Waals surface area contributed by atoms with Gasteiger partial charge < -0.3 is 3.79 Å². The van der Waals surface area contributed by atoms with Gasteiger partial charge in [-0.1, -0.05) is 77.3 Å². The third-order valence-corrected chi connectivity index (χ3v) is 7.42. The highest BCUT2D eigenvalue weighted by Gasteiger charge is 2.28. The predicted molar refractivity (Wildman–Crippen MR) is 97.0 cm³/mol. The van der Waals surface area contributed by atoms with E-state index in [0.717, 1.165) is 11.8 Å². The normalized spacial score (nSPS) is 13.4. The zero-order chi connectivity index (χ0) is 16.3. The van der Waals surface area contributed by atoms with E-state index in [0.29, 0.717) is 6.23 Å². The van der Waals surface area contributed by atoms with Crippen LogP contribution in [0, 0.1) is 11.8 Å². The lowest BCUT2D eigenvalue weighted by Crippen LogP contribution is -2.42. The van der Waals surface area contributed by atoms with Crippen LogP contribution in [0.25, 0.3) is 0 Å². The molecule has 0 aromatic heterocycles. The number of hydrogen-bond acceptors (Lipinski definition) is 2. The van der Waals surface area contributed by atoms with Crippen molar-refractivity contribution in [3.8, 4) is 0 Å². The van der Waals surface area contributed by atoms with Crippen LogP contribution in [-0.4, -0.2) is 38.7 Å². The topological polar surface area (TPSA) is 12.5 Å². The molecule has 0 heterocycles. The van der Waals surface area contributed by atoms with Crippen molar-refractivity contribution in [3.63, 3.8) is 0 Å². The summed E-state index contributed by atoms with van der Waals surface area (Å²) in [6.07, 6.45) is 5.25. The standard InChI is InChI=1S/C10H22NO.2C4H9.Al/c1-4-7-10(12)11(8-5-2)9-6-3;2*1-4(2)3;/h10H,4-9H2,1-3H3;2*4H,1H2,2-3H3;/q-1;;;+1. The summed E-state index contributed by atoms with van der Waals surface area (Å²) in [6, 6.07) is 0. The summed E-state index contributed by atoms with van der Waals surface area (Å²) in [6.45, 7) is 18.6. The van der Waals surface area contributed by atoms with E-state index in [1.807, 2.05) is 0 Å². The van der Waals surface area contributed by atoms with Gasteiger partial charge in [0.2, 0.25) is 0 Å². The van der Waals surface area contributed by atoms with E-state index < -0.39 is 14.5 Å². The van der Waals surface area contributed by atoms with Crippen LogP contribution in [0.1, 0.15) is 74.1 Å². The summed E-state index contributed by atoms with van der Waals surface area (Å²) in [5.74, 6) is 1.54. The zero-order valence-corrected chi connectivity index (χ0v) is 17.0. The van der Waals surface area contributed by atoms with Gasteiger partial charge in [0, 0.05) is 13.1 Å². The van der Waals surface area contributed by atoms with E-state index in [4.69, 9.17) is 3.79 Å². The quantitative estimate of drug-likeness (QED) is 0.326. The summed E-state index contributed by atoms with van der Waals surface area (Å²) in [7, 11) is 0. The van der Waals surface area contributed by atoms with Crippen molar-refractivity contribution >= 4 is 14.5 Å². The van der Waals surface area contributed by atoms with Crippen LogP contribution in [-0.2, 0) is 3.79 Å². The first kappa shape index (κ1) is 21.5. The van der Waals surface area contributed by atoms with E-state index in [2.05, 4.69) is 53.4 Å². The van der Waals surface area contributed by atoms with Gasteiger partial charge >= 0.3 is 14.5 Å². The zero-order valence-electron chi connectivity index (χ0n) is 15.8. The molecular weight excluding hydrogens is 273 g/mol. The Morgan fingerprint density at radius 3 is 1.62 bits per heavy atom. The lowest BCUT2D eigenvalue weighted by atomic mass is 10.2. The van der Waals surface area contributed by atoms with E-state index in [1.165, 1.54) is 49.3 Å². The molecule has 0 rings (SSSR count). The molecule has 21 heavy (non-hydrogen) atoms. The van der Waals surface area contributed by atoms with Crippen molar-refractivity contribution in [2.75, 3.05) is 13.1 Å². The summed E-state index contributed by atoms with van der Waals surface area (Å²) in [5, 5.41) is 2.65. The molecule has 2 nitrogen and oxygen atoms in total.